The minimum Gasteiger partial charge on any atom is -0.497 e. The Hall–Kier alpha value is -2.96. The van der Waals surface area contributed by atoms with E-state index in [1.807, 2.05) is 31.2 Å². The monoisotopic (exact) mass is 490 g/mol. The van der Waals surface area contributed by atoms with Crippen LogP contribution >= 0.6 is 0 Å². The molecule has 2 N–H and O–H groups in total. The summed E-state index contributed by atoms with van der Waals surface area (Å²) >= 11 is 0. The number of methoxy groups -OCH3 is 1. The Labute approximate surface area is 213 Å². The van der Waals surface area contributed by atoms with Gasteiger partial charge in [0.15, 0.2) is 0 Å². The van der Waals surface area contributed by atoms with Crippen LogP contribution in [0, 0.1) is 12.3 Å². The van der Waals surface area contributed by atoms with E-state index < -0.39 is 12.1 Å². The number of aryl methyl sites for hydroxylation is 2. The average molecular weight is 491 g/mol. The number of aromatic nitrogens is 1. The quantitative estimate of drug-likeness (QED) is 0.366. The molecular weight excluding hydrogens is 452 g/mol. The SMILES string of the molecule is COc1ccc2ncc(C)c([C@H](O)CCC3(CC(=O)O)CCN(CCCc4ccccc4)CC3)c2c1. The number of fused-ring (bicyclic) bond motifs is 1. The van der Waals surface area contributed by atoms with Crippen LogP contribution in [-0.4, -0.2) is 52.8 Å². The second-order valence-corrected chi connectivity index (χ2v) is 10.3. The highest BCUT2D eigenvalue weighted by atomic mass is 16.5. The molecule has 0 saturated carbocycles. The van der Waals surface area contributed by atoms with Gasteiger partial charge in [-0.05, 0) is 105 Å². The predicted octanol–water partition coefficient (Wildman–Crippen LogP) is 5.56. The normalized spacial score (nSPS) is 16.6. The van der Waals surface area contributed by atoms with Crippen LogP contribution in [0.5, 0.6) is 5.75 Å². The van der Waals surface area contributed by atoms with Crippen molar-refractivity contribution in [3.05, 3.63) is 71.4 Å². The molecule has 0 aliphatic carbocycles. The van der Waals surface area contributed by atoms with E-state index in [2.05, 4.69) is 34.1 Å². The molecule has 36 heavy (non-hydrogen) atoms. The minimum absolute atomic E-state index is 0.154. The molecule has 1 saturated heterocycles. The lowest BCUT2D eigenvalue weighted by Crippen LogP contribution is -2.41. The van der Waals surface area contributed by atoms with Gasteiger partial charge in [-0.3, -0.25) is 9.78 Å². The van der Waals surface area contributed by atoms with Crippen molar-refractivity contribution in [1.29, 1.82) is 0 Å². The molecule has 2 heterocycles. The van der Waals surface area contributed by atoms with Crippen LogP contribution in [0.25, 0.3) is 10.9 Å². The van der Waals surface area contributed by atoms with E-state index in [-0.39, 0.29) is 11.8 Å². The first-order chi connectivity index (χ1) is 17.4. The molecule has 0 spiro atoms. The number of piperidine rings is 1. The standard InChI is InChI=1S/C30H38N2O4/c1-22-21-31-26-11-10-24(36-2)19-25(26)29(22)27(33)12-13-30(20-28(34)35)14-17-32(18-15-30)16-6-9-23-7-4-3-5-8-23/h3-5,7-8,10-11,19,21,27,33H,6,9,12-18,20H2,1-2H3,(H,34,35)/t27-/m1/s1. The summed E-state index contributed by atoms with van der Waals surface area (Å²) in [5.41, 5.74) is 3.70. The third-order valence-corrected chi connectivity index (χ3v) is 7.82. The van der Waals surface area contributed by atoms with Gasteiger partial charge in [0, 0.05) is 11.6 Å². The fourth-order valence-corrected chi connectivity index (χ4v) is 5.69. The number of carboxylic acid groups (broad SMARTS) is 1. The molecule has 0 radical (unpaired) electrons. The maximum atomic E-state index is 11.8. The summed E-state index contributed by atoms with van der Waals surface area (Å²) in [6.45, 7) is 4.81. The Bertz CT molecular complexity index is 1160. The average Bonchev–Trinajstić information content (AvgIpc) is 2.88. The number of carboxylic acids is 1. The Balaban J connectivity index is 1.39. The molecular formula is C30H38N2O4. The number of aliphatic carboxylic acids is 1. The first-order valence-electron chi connectivity index (χ1n) is 13.0. The van der Waals surface area contributed by atoms with E-state index in [9.17, 15) is 15.0 Å². The zero-order valence-corrected chi connectivity index (χ0v) is 21.4. The lowest BCUT2D eigenvalue weighted by molar-refractivity contribution is -0.141. The number of rotatable bonds is 11. The molecule has 0 amide bonds. The minimum atomic E-state index is -0.753. The molecule has 192 valence electrons. The largest absolute Gasteiger partial charge is 0.497 e. The molecule has 6 heteroatoms. The first-order valence-corrected chi connectivity index (χ1v) is 13.0. The summed E-state index contributed by atoms with van der Waals surface area (Å²) in [4.78, 5) is 18.8. The Kier molecular flexibility index (Phi) is 8.60. The van der Waals surface area contributed by atoms with Gasteiger partial charge in [-0.15, -0.1) is 0 Å². The summed E-state index contributed by atoms with van der Waals surface area (Å²) in [5.74, 6) is -0.0253. The van der Waals surface area contributed by atoms with Gasteiger partial charge in [-0.1, -0.05) is 30.3 Å². The highest BCUT2D eigenvalue weighted by Gasteiger charge is 2.37. The number of benzene rings is 2. The summed E-state index contributed by atoms with van der Waals surface area (Å²) in [6.07, 6.45) is 6.35. The Morgan fingerprint density at radius 3 is 2.61 bits per heavy atom. The molecule has 1 aromatic heterocycles. The maximum Gasteiger partial charge on any atom is 0.303 e. The molecule has 1 atom stereocenters. The van der Waals surface area contributed by atoms with Gasteiger partial charge < -0.3 is 19.8 Å². The number of hydrogen-bond donors (Lipinski definition) is 2. The van der Waals surface area contributed by atoms with E-state index in [1.54, 1.807) is 13.3 Å². The number of pyridine rings is 1. The smallest absolute Gasteiger partial charge is 0.303 e. The molecule has 1 aliphatic heterocycles. The topological polar surface area (TPSA) is 82.9 Å². The molecule has 0 unspecified atom stereocenters. The van der Waals surface area contributed by atoms with Gasteiger partial charge in [-0.2, -0.15) is 0 Å². The lowest BCUT2D eigenvalue weighted by atomic mass is 9.71. The van der Waals surface area contributed by atoms with Crippen molar-refractivity contribution in [2.75, 3.05) is 26.7 Å². The van der Waals surface area contributed by atoms with Crippen molar-refractivity contribution in [3.8, 4) is 5.75 Å². The van der Waals surface area contributed by atoms with Crippen molar-refractivity contribution >= 4 is 16.9 Å². The van der Waals surface area contributed by atoms with Crippen molar-refractivity contribution in [2.24, 2.45) is 5.41 Å². The Morgan fingerprint density at radius 1 is 1.17 bits per heavy atom. The number of aliphatic hydroxyl groups is 1. The van der Waals surface area contributed by atoms with Crippen LogP contribution < -0.4 is 4.74 Å². The molecule has 1 aliphatic rings. The summed E-state index contributed by atoms with van der Waals surface area (Å²) < 4.78 is 5.40. The molecule has 2 aromatic carbocycles. The van der Waals surface area contributed by atoms with Crippen LogP contribution in [0.4, 0.5) is 0 Å². The number of likely N-dealkylation sites (tertiary alicyclic amines) is 1. The van der Waals surface area contributed by atoms with E-state index >= 15 is 0 Å². The highest BCUT2D eigenvalue weighted by Crippen LogP contribution is 2.42. The summed E-state index contributed by atoms with van der Waals surface area (Å²) in [6, 6.07) is 16.2. The van der Waals surface area contributed by atoms with Gasteiger partial charge in [0.25, 0.3) is 0 Å². The molecule has 3 aromatic rings. The number of ether oxygens (including phenoxy) is 1. The van der Waals surface area contributed by atoms with Gasteiger partial charge in [-0.25, -0.2) is 0 Å². The van der Waals surface area contributed by atoms with Crippen molar-refractivity contribution < 1.29 is 19.7 Å². The third kappa shape index (κ3) is 6.42. The van der Waals surface area contributed by atoms with Gasteiger partial charge in [0.1, 0.15) is 5.75 Å². The van der Waals surface area contributed by atoms with Gasteiger partial charge in [0.05, 0.1) is 25.2 Å². The van der Waals surface area contributed by atoms with Crippen LogP contribution in [-0.2, 0) is 11.2 Å². The van der Waals surface area contributed by atoms with Crippen LogP contribution in [0.15, 0.2) is 54.7 Å². The van der Waals surface area contributed by atoms with E-state index in [0.29, 0.717) is 12.8 Å². The van der Waals surface area contributed by atoms with Gasteiger partial charge in [0.2, 0.25) is 0 Å². The van der Waals surface area contributed by atoms with E-state index in [0.717, 1.165) is 73.1 Å². The zero-order valence-electron chi connectivity index (χ0n) is 21.4. The maximum absolute atomic E-state index is 11.8. The van der Waals surface area contributed by atoms with Gasteiger partial charge >= 0.3 is 5.97 Å². The summed E-state index contributed by atoms with van der Waals surface area (Å²) in [7, 11) is 1.63. The van der Waals surface area contributed by atoms with Crippen molar-refractivity contribution in [1.82, 2.24) is 9.88 Å². The second kappa shape index (κ2) is 11.8. The van der Waals surface area contributed by atoms with Crippen molar-refractivity contribution in [3.63, 3.8) is 0 Å². The molecule has 1 fully saturated rings. The molecule has 0 bridgehead atoms. The van der Waals surface area contributed by atoms with Crippen LogP contribution in [0.3, 0.4) is 0 Å². The Morgan fingerprint density at radius 2 is 1.92 bits per heavy atom. The fraction of sp³-hybridized carbons (Fsp3) is 0.467. The second-order valence-electron chi connectivity index (χ2n) is 10.3. The van der Waals surface area contributed by atoms with Crippen LogP contribution in [0.2, 0.25) is 0 Å². The van der Waals surface area contributed by atoms with Crippen LogP contribution in [0.1, 0.15) is 61.3 Å². The molecule has 6 nitrogen and oxygen atoms in total. The number of aliphatic hydroxyl groups excluding tert-OH is 1. The van der Waals surface area contributed by atoms with E-state index in [1.165, 1.54) is 5.56 Å². The predicted molar refractivity (Wildman–Crippen MR) is 142 cm³/mol. The van der Waals surface area contributed by atoms with E-state index in [4.69, 9.17) is 4.74 Å². The number of carbonyl (C=O) groups is 1. The fourth-order valence-electron chi connectivity index (χ4n) is 5.69. The third-order valence-electron chi connectivity index (χ3n) is 7.82. The number of nitrogens with zero attached hydrogens (tertiary/aromatic N) is 2. The molecule has 4 rings (SSSR count). The zero-order chi connectivity index (χ0) is 25.5. The highest BCUT2D eigenvalue weighted by molar-refractivity contribution is 5.84. The van der Waals surface area contributed by atoms with Crippen molar-refractivity contribution in [2.45, 2.75) is 58.0 Å². The summed E-state index contributed by atoms with van der Waals surface area (Å²) in [5, 5.41) is 21.9. The lowest BCUT2D eigenvalue weighted by Gasteiger charge is -2.41. The first kappa shape index (κ1) is 26.1. The number of hydrogen-bond acceptors (Lipinski definition) is 5.